The Morgan fingerprint density at radius 2 is 1.88 bits per heavy atom. The van der Waals surface area contributed by atoms with Gasteiger partial charge in [0.2, 0.25) is 0 Å². The van der Waals surface area contributed by atoms with Crippen LogP contribution in [-0.2, 0) is 0 Å². The fraction of sp³-hybridized carbons (Fsp3) is 0.389. The zero-order valence-corrected chi connectivity index (χ0v) is 14.9. The lowest BCUT2D eigenvalue weighted by atomic mass is 9.87. The maximum atomic E-state index is 14.0. The molecule has 3 aliphatic rings. The number of hydrogen-bond donors (Lipinski definition) is 0. The predicted molar refractivity (Wildman–Crippen MR) is 94.4 cm³/mol. The van der Waals surface area contributed by atoms with E-state index in [2.05, 4.69) is 9.97 Å². The maximum absolute atomic E-state index is 14.0. The second-order valence-corrected chi connectivity index (χ2v) is 8.88. The molecule has 132 valence electrons. The highest BCUT2D eigenvalue weighted by atomic mass is 35.5. The topological polar surface area (TPSA) is 47.8 Å². The van der Waals surface area contributed by atoms with E-state index in [4.69, 9.17) is 11.6 Å². The molecule has 26 heavy (non-hydrogen) atoms. The molecule has 8 heteroatoms. The summed E-state index contributed by atoms with van der Waals surface area (Å²) < 4.78 is 29.5. The molecule has 0 bridgehead atoms. The van der Waals surface area contributed by atoms with Crippen LogP contribution in [0, 0.1) is 10.8 Å². The van der Waals surface area contributed by atoms with Crippen LogP contribution in [-0.4, -0.2) is 20.5 Å². The smallest absolute Gasteiger partial charge is 0.266 e. The Kier molecular flexibility index (Phi) is 2.54. The van der Waals surface area contributed by atoms with Crippen LogP contribution in [0.15, 0.2) is 34.6 Å². The highest BCUT2D eigenvalue weighted by Gasteiger charge is 3.05. The van der Waals surface area contributed by atoms with Gasteiger partial charge in [0.1, 0.15) is 5.82 Å². The first kappa shape index (κ1) is 15.2. The van der Waals surface area contributed by atoms with Crippen molar-refractivity contribution in [3.63, 3.8) is 0 Å². The van der Waals surface area contributed by atoms with E-state index >= 15 is 0 Å². The van der Waals surface area contributed by atoms with Crippen LogP contribution in [0.1, 0.15) is 31.0 Å². The molecular formula is C18H12ClF2N3OS. The minimum absolute atomic E-state index is 0.141. The molecule has 2 aromatic heterocycles. The normalized spacial score (nSPS) is 33.1. The van der Waals surface area contributed by atoms with Gasteiger partial charge in [-0.3, -0.25) is 9.36 Å². The largest absolute Gasteiger partial charge is 0.285 e. The zero-order chi connectivity index (χ0) is 17.9. The summed E-state index contributed by atoms with van der Waals surface area (Å²) in [4.78, 5) is 22.4. The van der Waals surface area contributed by atoms with Gasteiger partial charge in [0.25, 0.3) is 11.5 Å². The van der Waals surface area contributed by atoms with Crippen molar-refractivity contribution >= 4 is 33.3 Å². The van der Waals surface area contributed by atoms with E-state index in [0.717, 1.165) is 0 Å². The molecular weight excluding hydrogens is 380 g/mol. The molecule has 2 heterocycles. The molecule has 4 nitrogen and oxygen atoms in total. The SMILES string of the molecule is O=c1c2ncsc2nc(C2CC34CC3(C2)C4(F)F)n1-c1ccc(Cl)cc1. The van der Waals surface area contributed by atoms with E-state index in [9.17, 15) is 13.6 Å². The summed E-state index contributed by atoms with van der Waals surface area (Å²) in [5.74, 6) is -2.11. The summed E-state index contributed by atoms with van der Waals surface area (Å²) in [7, 11) is 0. The summed E-state index contributed by atoms with van der Waals surface area (Å²) in [5.41, 5.74) is 0.594. The fourth-order valence-electron chi connectivity index (χ4n) is 5.16. The van der Waals surface area contributed by atoms with Crippen molar-refractivity contribution in [2.24, 2.45) is 10.8 Å². The summed E-state index contributed by atoms with van der Waals surface area (Å²) >= 11 is 7.26. The molecule has 6 rings (SSSR count). The number of halogens is 3. The molecule has 1 aromatic carbocycles. The summed E-state index contributed by atoms with van der Waals surface area (Å²) in [6.07, 6.45) is 1.39. The molecule has 0 spiro atoms. The quantitative estimate of drug-likeness (QED) is 0.650. The molecule has 0 radical (unpaired) electrons. The van der Waals surface area contributed by atoms with Gasteiger partial charge in [-0.2, -0.15) is 0 Å². The van der Waals surface area contributed by atoms with Crippen molar-refractivity contribution in [1.82, 2.24) is 14.5 Å². The highest BCUT2D eigenvalue weighted by molar-refractivity contribution is 7.16. The van der Waals surface area contributed by atoms with Gasteiger partial charge in [-0.25, -0.2) is 18.7 Å². The number of benzene rings is 1. The van der Waals surface area contributed by atoms with Crippen molar-refractivity contribution < 1.29 is 8.78 Å². The number of rotatable bonds is 2. The molecule has 2 atom stereocenters. The van der Waals surface area contributed by atoms with Crippen LogP contribution in [0.25, 0.3) is 16.0 Å². The van der Waals surface area contributed by atoms with E-state index in [0.29, 0.717) is 46.1 Å². The molecule has 3 fully saturated rings. The Labute approximate surface area is 155 Å². The van der Waals surface area contributed by atoms with E-state index in [-0.39, 0.29) is 11.5 Å². The predicted octanol–water partition coefficient (Wildman–Crippen LogP) is 4.40. The van der Waals surface area contributed by atoms with Crippen LogP contribution < -0.4 is 5.56 Å². The van der Waals surface area contributed by atoms with Gasteiger partial charge in [-0.1, -0.05) is 11.6 Å². The Morgan fingerprint density at radius 1 is 1.19 bits per heavy atom. The maximum Gasteiger partial charge on any atom is 0.285 e. The lowest BCUT2D eigenvalue weighted by molar-refractivity contribution is -0.0184. The van der Waals surface area contributed by atoms with Crippen LogP contribution in [0.5, 0.6) is 0 Å². The fourth-order valence-corrected chi connectivity index (χ4v) is 5.94. The van der Waals surface area contributed by atoms with Crippen molar-refractivity contribution in [2.45, 2.75) is 31.1 Å². The number of fused-ring (bicyclic) bond motifs is 1. The Bertz CT molecular complexity index is 1140. The zero-order valence-electron chi connectivity index (χ0n) is 13.4. The van der Waals surface area contributed by atoms with Gasteiger partial charge in [-0.05, 0) is 43.5 Å². The van der Waals surface area contributed by atoms with Gasteiger partial charge in [0.15, 0.2) is 10.3 Å². The molecule has 3 saturated carbocycles. The number of alkyl halides is 2. The molecule has 0 amide bonds. The second kappa shape index (κ2) is 4.34. The van der Waals surface area contributed by atoms with E-state index in [1.807, 2.05) is 0 Å². The third-order valence-corrected chi connectivity index (χ3v) is 7.54. The standard InChI is InChI=1S/C18H12ClF2N3OS/c19-10-1-3-11(4-2-10)24-13(23-14-12(15(24)25)22-8-26-14)9-5-16-7-17(16,6-9)18(16,20)21/h1-4,8-9H,5-7H2. The van der Waals surface area contributed by atoms with E-state index < -0.39 is 16.8 Å². The third kappa shape index (κ3) is 1.50. The van der Waals surface area contributed by atoms with Crippen LogP contribution in [0.2, 0.25) is 5.02 Å². The first-order chi connectivity index (χ1) is 12.4. The van der Waals surface area contributed by atoms with Crippen molar-refractivity contribution in [1.29, 1.82) is 0 Å². The van der Waals surface area contributed by atoms with Crippen LogP contribution in [0.3, 0.4) is 0 Å². The third-order valence-electron chi connectivity index (χ3n) is 6.57. The van der Waals surface area contributed by atoms with Gasteiger partial charge in [-0.15, -0.1) is 11.3 Å². The Hall–Kier alpha value is -1.86. The Balaban J connectivity index is 1.54. The van der Waals surface area contributed by atoms with Gasteiger partial charge in [0, 0.05) is 21.8 Å². The number of thiazole rings is 1. The lowest BCUT2D eigenvalue weighted by Crippen LogP contribution is -2.29. The lowest BCUT2D eigenvalue weighted by Gasteiger charge is -2.26. The molecule has 2 unspecified atom stereocenters. The molecule has 3 aliphatic carbocycles. The monoisotopic (exact) mass is 391 g/mol. The van der Waals surface area contributed by atoms with Crippen LogP contribution in [0.4, 0.5) is 8.78 Å². The summed E-state index contributed by atoms with van der Waals surface area (Å²) in [6, 6.07) is 6.89. The first-order valence-corrected chi connectivity index (χ1v) is 9.66. The van der Waals surface area contributed by atoms with E-state index in [1.54, 1.807) is 29.8 Å². The first-order valence-electron chi connectivity index (χ1n) is 8.40. The van der Waals surface area contributed by atoms with Crippen LogP contribution >= 0.6 is 22.9 Å². The van der Waals surface area contributed by atoms with E-state index in [1.165, 1.54) is 15.9 Å². The average molecular weight is 392 g/mol. The highest BCUT2D eigenvalue weighted by Crippen LogP contribution is 3.01. The summed E-state index contributed by atoms with van der Waals surface area (Å²) in [5, 5.41) is 0.562. The Morgan fingerprint density at radius 3 is 2.54 bits per heavy atom. The minimum atomic E-state index is -2.53. The number of aromatic nitrogens is 3. The molecule has 0 aliphatic heterocycles. The average Bonchev–Trinajstić information content (AvgIpc) is 3.13. The number of hydrogen-bond acceptors (Lipinski definition) is 4. The van der Waals surface area contributed by atoms with Gasteiger partial charge >= 0.3 is 0 Å². The van der Waals surface area contributed by atoms with Gasteiger partial charge < -0.3 is 0 Å². The number of nitrogens with zero attached hydrogens (tertiary/aromatic N) is 3. The van der Waals surface area contributed by atoms with Crippen molar-refractivity contribution in [3.05, 3.63) is 51.0 Å². The molecule has 3 aromatic rings. The second-order valence-electron chi connectivity index (χ2n) is 7.61. The van der Waals surface area contributed by atoms with Gasteiger partial charge in [0.05, 0.1) is 11.2 Å². The van der Waals surface area contributed by atoms with Crippen molar-refractivity contribution in [2.75, 3.05) is 0 Å². The minimum Gasteiger partial charge on any atom is -0.266 e. The molecule has 0 saturated heterocycles. The van der Waals surface area contributed by atoms with Crippen molar-refractivity contribution in [3.8, 4) is 5.69 Å². The summed E-state index contributed by atoms with van der Waals surface area (Å²) in [6.45, 7) is 0. The molecule has 0 N–H and O–H groups in total.